The molecule has 19 heavy (non-hydrogen) atoms. The molecule has 0 aliphatic rings. The molecule has 0 aromatic heterocycles. The molecule has 0 atom stereocenters. The standard InChI is InChI=1S/C13H31N3O2S/c1-6-9-16(13(7-2,8-3)11-14)19(17,18)15-10-12(4)5/h12,15H,6-11,14H2,1-5H3. The lowest BCUT2D eigenvalue weighted by Gasteiger charge is -2.41. The lowest BCUT2D eigenvalue weighted by atomic mass is 9.93. The second kappa shape index (κ2) is 8.19. The molecule has 0 aromatic carbocycles. The van der Waals surface area contributed by atoms with Crippen LogP contribution >= 0.6 is 0 Å². The molecule has 0 amide bonds. The molecule has 3 N–H and O–H groups in total. The van der Waals surface area contributed by atoms with Crippen LogP contribution in [-0.4, -0.2) is 37.9 Å². The molecular weight excluding hydrogens is 262 g/mol. The van der Waals surface area contributed by atoms with Crippen molar-refractivity contribution < 1.29 is 8.42 Å². The van der Waals surface area contributed by atoms with Crippen LogP contribution in [0.15, 0.2) is 0 Å². The Balaban J connectivity index is 5.28. The molecule has 0 heterocycles. The Hall–Kier alpha value is -0.170. The zero-order valence-corrected chi connectivity index (χ0v) is 13.9. The first kappa shape index (κ1) is 18.8. The molecule has 0 unspecified atom stereocenters. The SMILES string of the molecule is CCCN(C(CC)(CC)CN)S(=O)(=O)NCC(C)C. The predicted octanol–water partition coefficient (Wildman–Crippen LogP) is 1.71. The van der Waals surface area contributed by atoms with Crippen LogP contribution in [0.4, 0.5) is 0 Å². The van der Waals surface area contributed by atoms with Crippen molar-refractivity contribution in [3.63, 3.8) is 0 Å². The van der Waals surface area contributed by atoms with Gasteiger partial charge in [0.15, 0.2) is 0 Å². The molecule has 0 fully saturated rings. The summed E-state index contributed by atoms with van der Waals surface area (Å²) in [4.78, 5) is 0. The molecular formula is C13H31N3O2S. The summed E-state index contributed by atoms with van der Waals surface area (Å²) in [6.45, 7) is 11.3. The van der Waals surface area contributed by atoms with Crippen molar-refractivity contribution in [2.75, 3.05) is 19.6 Å². The lowest BCUT2D eigenvalue weighted by Crippen LogP contribution is -2.59. The van der Waals surface area contributed by atoms with E-state index in [1.807, 2.05) is 34.6 Å². The number of nitrogens with zero attached hydrogens (tertiary/aromatic N) is 1. The topological polar surface area (TPSA) is 75.4 Å². The van der Waals surface area contributed by atoms with Gasteiger partial charge in [-0.1, -0.05) is 34.6 Å². The van der Waals surface area contributed by atoms with Crippen LogP contribution < -0.4 is 10.5 Å². The first-order valence-electron chi connectivity index (χ1n) is 7.27. The van der Waals surface area contributed by atoms with Crippen molar-refractivity contribution >= 4 is 10.2 Å². The average Bonchev–Trinajstić information content (AvgIpc) is 2.38. The van der Waals surface area contributed by atoms with Crippen molar-refractivity contribution in [2.45, 2.75) is 59.4 Å². The van der Waals surface area contributed by atoms with Crippen LogP contribution in [0, 0.1) is 5.92 Å². The van der Waals surface area contributed by atoms with Crippen molar-refractivity contribution in [1.29, 1.82) is 0 Å². The second-order valence-corrected chi connectivity index (χ2v) is 7.13. The predicted molar refractivity (Wildman–Crippen MR) is 81.1 cm³/mol. The van der Waals surface area contributed by atoms with Gasteiger partial charge >= 0.3 is 0 Å². The number of hydrogen-bond donors (Lipinski definition) is 2. The molecule has 0 radical (unpaired) electrons. The van der Waals surface area contributed by atoms with Crippen molar-refractivity contribution in [3.8, 4) is 0 Å². The molecule has 0 saturated heterocycles. The zero-order chi connectivity index (χ0) is 15.1. The van der Waals surface area contributed by atoms with Crippen LogP contribution in [0.2, 0.25) is 0 Å². The minimum atomic E-state index is -3.47. The van der Waals surface area contributed by atoms with Crippen molar-refractivity contribution in [2.24, 2.45) is 11.7 Å². The summed E-state index contributed by atoms with van der Waals surface area (Å²) in [6.07, 6.45) is 2.23. The molecule has 0 aliphatic heterocycles. The molecule has 0 spiro atoms. The summed E-state index contributed by atoms with van der Waals surface area (Å²) in [5.74, 6) is 0.286. The summed E-state index contributed by atoms with van der Waals surface area (Å²) >= 11 is 0. The Bertz CT molecular complexity index is 330. The highest BCUT2D eigenvalue weighted by Crippen LogP contribution is 2.25. The van der Waals surface area contributed by atoms with Crippen LogP contribution in [-0.2, 0) is 10.2 Å². The van der Waals surface area contributed by atoms with Crippen LogP contribution in [0.1, 0.15) is 53.9 Å². The van der Waals surface area contributed by atoms with Gasteiger partial charge in [-0.25, -0.2) is 4.72 Å². The third kappa shape index (κ3) is 5.02. The fraction of sp³-hybridized carbons (Fsp3) is 1.00. The third-order valence-corrected chi connectivity index (χ3v) is 5.30. The largest absolute Gasteiger partial charge is 0.329 e. The third-order valence-electron chi connectivity index (χ3n) is 3.62. The number of nitrogens with one attached hydrogen (secondary N) is 1. The fourth-order valence-corrected chi connectivity index (χ4v) is 4.12. The normalized spacial score (nSPS) is 13.5. The lowest BCUT2D eigenvalue weighted by molar-refractivity contribution is 0.175. The van der Waals surface area contributed by atoms with E-state index in [-0.39, 0.29) is 5.92 Å². The van der Waals surface area contributed by atoms with Gasteiger partial charge < -0.3 is 5.73 Å². The highest BCUT2D eigenvalue weighted by Gasteiger charge is 2.39. The summed E-state index contributed by atoms with van der Waals surface area (Å²) in [7, 11) is -3.47. The van der Waals surface area contributed by atoms with Gasteiger partial charge in [0, 0.05) is 25.2 Å². The summed E-state index contributed by atoms with van der Waals surface area (Å²) in [5.41, 5.74) is 5.41. The smallest absolute Gasteiger partial charge is 0.280 e. The van der Waals surface area contributed by atoms with E-state index in [2.05, 4.69) is 4.72 Å². The minimum absolute atomic E-state index is 0.286. The molecule has 0 bridgehead atoms. The molecule has 5 nitrogen and oxygen atoms in total. The number of hydrogen-bond acceptors (Lipinski definition) is 3. The van der Waals surface area contributed by atoms with E-state index >= 15 is 0 Å². The average molecular weight is 293 g/mol. The molecule has 0 aliphatic carbocycles. The van der Waals surface area contributed by atoms with E-state index in [1.165, 1.54) is 0 Å². The molecule has 0 saturated carbocycles. The van der Waals surface area contributed by atoms with Gasteiger partial charge in [0.25, 0.3) is 10.2 Å². The van der Waals surface area contributed by atoms with Crippen molar-refractivity contribution in [1.82, 2.24) is 9.03 Å². The molecule has 0 aromatic rings. The maximum Gasteiger partial charge on any atom is 0.280 e. The number of nitrogens with two attached hydrogens (primary N) is 1. The van der Waals surface area contributed by atoms with Crippen LogP contribution in [0.25, 0.3) is 0 Å². The highest BCUT2D eigenvalue weighted by atomic mass is 32.2. The van der Waals surface area contributed by atoms with Gasteiger partial charge in [-0.05, 0) is 25.2 Å². The van der Waals surface area contributed by atoms with E-state index in [1.54, 1.807) is 4.31 Å². The van der Waals surface area contributed by atoms with E-state index in [0.717, 1.165) is 19.3 Å². The van der Waals surface area contributed by atoms with Gasteiger partial charge in [-0.15, -0.1) is 0 Å². The van der Waals surface area contributed by atoms with Gasteiger partial charge in [-0.2, -0.15) is 12.7 Å². The maximum atomic E-state index is 12.5. The second-order valence-electron chi connectivity index (χ2n) is 5.46. The summed E-state index contributed by atoms with van der Waals surface area (Å²) in [6, 6.07) is 0. The summed E-state index contributed by atoms with van der Waals surface area (Å²) in [5, 5.41) is 0. The van der Waals surface area contributed by atoms with Gasteiger partial charge in [-0.3, -0.25) is 0 Å². The van der Waals surface area contributed by atoms with E-state index in [0.29, 0.717) is 19.6 Å². The van der Waals surface area contributed by atoms with Gasteiger partial charge in [0.2, 0.25) is 0 Å². The first-order valence-corrected chi connectivity index (χ1v) is 8.71. The van der Waals surface area contributed by atoms with Crippen LogP contribution in [0.5, 0.6) is 0 Å². The van der Waals surface area contributed by atoms with E-state index in [9.17, 15) is 8.42 Å². The van der Waals surface area contributed by atoms with Gasteiger partial charge in [0.1, 0.15) is 0 Å². The Morgan fingerprint density at radius 3 is 2.05 bits per heavy atom. The van der Waals surface area contributed by atoms with E-state index in [4.69, 9.17) is 5.73 Å². The monoisotopic (exact) mass is 293 g/mol. The molecule has 0 rings (SSSR count). The van der Waals surface area contributed by atoms with Crippen LogP contribution in [0.3, 0.4) is 0 Å². The first-order chi connectivity index (χ1) is 8.79. The van der Waals surface area contributed by atoms with Gasteiger partial charge in [0.05, 0.1) is 0 Å². The highest BCUT2D eigenvalue weighted by molar-refractivity contribution is 7.87. The quantitative estimate of drug-likeness (QED) is 0.644. The fourth-order valence-electron chi connectivity index (χ4n) is 2.16. The Morgan fingerprint density at radius 2 is 1.74 bits per heavy atom. The minimum Gasteiger partial charge on any atom is -0.329 e. The van der Waals surface area contributed by atoms with Crippen molar-refractivity contribution in [3.05, 3.63) is 0 Å². The summed E-state index contributed by atoms with van der Waals surface area (Å²) < 4.78 is 29.3. The Kier molecular flexibility index (Phi) is 8.12. The zero-order valence-electron chi connectivity index (χ0n) is 13.1. The molecule has 116 valence electrons. The Morgan fingerprint density at radius 1 is 1.21 bits per heavy atom. The maximum absolute atomic E-state index is 12.5. The molecule has 6 heteroatoms. The number of rotatable bonds is 10. The Labute approximate surface area is 119 Å². The van der Waals surface area contributed by atoms with E-state index < -0.39 is 15.7 Å².